The summed E-state index contributed by atoms with van der Waals surface area (Å²) in [4.78, 5) is 48.9. The Labute approximate surface area is 193 Å². The summed E-state index contributed by atoms with van der Waals surface area (Å²) in [7, 11) is 5.52. The third-order valence-corrected chi connectivity index (χ3v) is 5.36. The standard InChI is InChI=1S/C23H45N5O4/c1-17(29)12-13-19(16-18(2)30)27-23(32)21(11-7-9-15-25-4)28-22(31)20(26-5)10-6-8-14-24-3/h19-21,24-26H,6-16H2,1-5H3,(H,27,32)(H,28,31). The fourth-order valence-electron chi connectivity index (χ4n) is 3.50. The highest BCUT2D eigenvalue weighted by Crippen LogP contribution is 2.08. The van der Waals surface area contributed by atoms with Crippen LogP contribution in [0.2, 0.25) is 0 Å². The van der Waals surface area contributed by atoms with E-state index in [4.69, 9.17) is 0 Å². The SMILES string of the molecule is CNCCCCC(NC)C(=O)NC(CCCCNC)C(=O)NC(CCC(C)=O)CC(C)=O. The zero-order valence-electron chi connectivity index (χ0n) is 20.6. The fourth-order valence-corrected chi connectivity index (χ4v) is 3.50. The normalized spacial score (nSPS) is 13.8. The first kappa shape index (κ1) is 30.2. The molecule has 0 aromatic carbocycles. The minimum absolute atomic E-state index is 0.0138. The molecule has 186 valence electrons. The molecule has 3 unspecified atom stereocenters. The lowest BCUT2D eigenvalue weighted by Gasteiger charge is -2.25. The number of rotatable bonds is 20. The summed E-state index contributed by atoms with van der Waals surface area (Å²) in [6, 6.07) is -1.47. The van der Waals surface area contributed by atoms with Crippen molar-refractivity contribution in [3.05, 3.63) is 0 Å². The van der Waals surface area contributed by atoms with E-state index in [0.29, 0.717) is 25.7 Å². The lowest BCUT2D eigenvalue weighted by atomic mass is 10.0. The van der Waals surface area contributed by atoms with E-state index in [1.165, 1.54) is 13.8 Å². The predicted molar refractivity (Wildman–Crippen MR) is 127 cm³/mol. The highest BCUT2D eigenvalue weighted by molar-refractivity contribution is 5.90. The summed E-state index contributed by atoms with van der Waals surface area (Å²) in [6.45, 7) is 4.69. The molecule has 0 aliphatic carbocycles. The van der Waals surface area contributed by atoms with Crippen molar-refractivity contribution in [2.75, 3.05) is 34.2 Å². The van der Waals surface area contributed by atoms with Crippen molar-refractivity contribution >= 4 is 23.4 Å². The van der Waals surface area contributed by atoms with E-state index in [-0.39, 0.29) is 35.8 Å². The average Bonchev–Trinajstić information content (AvgIpc) is 2.73. The quantitative estimate of drug-likeness (QED) is 0.171. The van der Waals surface area contributed by atoms with Gasteiger partial charge in [0.25, 0.3) is 0 Å². The zero-order valence-corrected chi connectivity index (χ0v) is 20.6. The van der Waals surface area contributed by atoms with E-state index in [9.17, 15) is 19.2 Å². The first-order valence-electron chi connectivity index (χ1n) is 11.8. The van der Waals surface area contributed by atoms with Gasteiger partial charge in [-0.25, -0.2) is 0 Å². The number of carbonyl (C=O) groups excluding carboxylic acids is 4. The van der Waals surface area contributed by atoms with E-state index in [2.05, 4.69) is 26.6 Å². The van der Waals surface area contributed by atoms with Crippen LogP contribution in [0, 0.1) is 0 Å². The molecule has 0 fully saturated rings. The second-order valence-corrected chi connectivity index (χ2v) is 8.45. The molecular weight excluding hydrogens is 410 g/mol. The molecule has 3 atom stereocenters. The summed E-state index contributed by atoms with van der Waals surface area (Å²) < 4.78 is 0. The molecule has 32 heavy (non-hydrogen) atoms. The van der Waals surface area contributed by atoms with Gasteiger partial charge in [-0.05, 0) is 86.6 Å². The zero-order chi connectivity index (χ0) is 24.4. The molecule has 0 bridgehead atoms. The van der Waals surface area contributed by atoms with Gasteiger partial charge in [-0.15, -0.1) is 0 Å². The molecule has 0 aliphatic rings. The first-order valence-corrected chi connectivity index (χ1v) is 11.8. The van der Waals surface area contributed by atoms with Gasteiger partial charge >= 0.3 is 0 Å². The van der Waals surface area contributed by atoms with Gasteiger partial charge < -0.3 is 31.4 Å². The number of hydrogen-bond acceptors (Lipinski definition) is 7. The highest BCUT2D eigenvalue weighted by atomic mass is 16.2. The van der Waals surface area contributed by atoms with Gasteiger partial charge in [-0.1, -0.05) is 6.42 Å². The molecule has 0 aliphatic heterocycles. The summed E-state index contributed by atoms with van der Waals surface area (Å²) in [6.07, 6.45) is 5.59. The Hall–Kier alpha value is -1.84. The minimum Gasteiger partial charge on any atom is -0.351 e. The smallest absolute Gasteiger partial charge is 0.242 e. The fraction of sp³-hybridized carbons (Fsp3) is 0.826. The van der Waals surface area contributed by atoms with Gasteiger partial charge in [0.1, 0.15) is 17.6 Å². The van der Waals surface area contributed by atoms with Crippen molar-refractivity contribution in [3.8, 4) is 0 Å². The summed E-state index contributed by atoms with van der Waals surface area (Å²) in [5, 5.41) is 15.0. The second-order valence-electron chi connectivity index (χ2n) is 8.45. The monoisotopic (exact) mass is 455 g/mol. The molecule has 0 spiro atoms. The molecule has 0 saturated carbocycles. The third-order valence-electron chi connectivity index (χ3n) is 5.36. The molecule has 0 heterocycles. The van der Waals surface area contributed by atoms with E-state index >= 15 is 0 Å². The highest BCUT2D eigenvalue weighted by Gasteiger charge is 2.26. The maximum absolute atomic E-state index is 13.0. The number of likely N-dealkylation sites (N-methyl/N-ethyl adjacent to an activating group) is 1. The number of hydrogen-bond donors (Lipinski definition) is 5. The van der Waals surface area contributed by atoms with Crippen molar-refractivity contribution in [2.45, 2.75) is 89.8 Å². The van der Waals surface area contributed by atoms with Crippen LogP contribution < -0.4 is 26.6 Å². The van der Waals surface area contributed by atoms with E-state index in [0.717, 1.165) is 38.8 Å². The van der Waals surface area contributed by atoms with Crippen LogP contribution in [-0.2, 0) is 19.2 Å². The Kier molecular flexibility index (Phi) is 17.6. The van der Waals surface area contributed by atoms with E-state index < -0.39 is 12.1 Å². The van der Waals surface area contributed by atoms with Gasteiger partial charge in [-0.2, -0.15) is 0 Å². The number of unbranched alkanes of at least 4 members (excludes halogenated alkanes) is 2. The Morgan fingerprint density at radius 2 is 1.19 bits per heavy atom. The van der Waals surface area contributed by atoms with E-state index in [1.54, 1.807) is 7.05 Å². The van der Waals surface area contributed by atoms with E-state index in [1.807, 2.05) is 14.1 Å². The third kappa shape index (κ3) is 15.0. The number of nitrogens with one attached hydrogen (secondary N) is 5. The lowest BCUT2D eigenvalue weighted by Crippen LogP contribution is -2.54. The maximum atomic E-state index is 13.0. The summed E-state index contributed by atoms with van der Waals surface area (Å²) in [5.74, 6) is -0.537. The van der Waals surface area contributed by atoms with Crippen molar-refractivity contribution in [1.82, 2.24) is 26.6 Å². The van der Waals surface area contributed by atoms with Crippen molar-refractivity contribution < 1.29 is 19.2 Å². The molecule has 0 saturated heterocycles. The predicted octanol–water partition coefficient (Wildman–Crippen LogP) is 0.672. The number of amides is 2. The van der Waals surface area contributed by atoms with Crippen molar-refractivity contribution in [2.24, 2.45) is 0 Å². The molecule has 2 amide bonds. The minimum atomic E-state index is -0.681. The van der Waals surface area contributed by atoms with Crippen LogP contribution in [0.15, 0.2) is 0 Å². The largest absolute Gasteiger partial charge is 0.351 e. The Bertz CT molecular complexity index is 571. The number of carbonyl (C=O) groups is 4. The molecule has 0 radical (unpaired) electrons. The summed E-state index contributed by atoms with van der Waals surface area (Å²) in [5.41, 5.74) is 0. The molecule has 0 rings (SSSR count). The van der Waals surface area contributed by atoms with Crippen LogP contribution in [0.4, 0.5) is 0 Å². The van der Waals surface area contributed by atoms with Crippen molar-refractivity contribution in [3.63, 3.8) is 0 Å². The lowest BCUT2D eigenvalue weighted by molar-refractivity contribution is -0.131. The Balaban J connectivity index is 5.12. The summed E-state index contributed by atoms with van der Waals surface area (Å²) >= 11 is 0. The van der Waals surface area contributed by atoms with Crippen LogP contribution in [0.5, 0.6) is 0 Å². The van der Waals surface area contributed by atoms with Crippen LogP contribution in [0.1, 0.15) is 71.6 Å². The van der Waals surface area contributed by atoms with Crippen LogP contribution in [-0.4, -0.2) is 75.7 Å². The molecule has 9 heteroatoms. The van der Waals surface area contributed by atoms with Gasteiger partial charge in [0.15, 0.2) is 0 Å². The van der Waals surface area contributed by atoms with Gasteiger partial charge in [0.2, 0.25) is 11.8 Å². The number of Topliss-reactive ketones (excluding diaryl/α,β-unsaturated/α-hetero) is 2. The first-order chi connectivity index (χ1) is 15.2. The van der Waals surface area contributed by atoms with Gasteiger partial charge in [-0.3, -0.25) is 14.4 Å². The molecule has 0 aromatic rings. The molecular formula is C23H45N5O4. The van der Waals surface area contributed by atoms with Gasteiger partial charge in [0.05, 0.1) is 6.04 Å². The second kappa shape index (κ2) is 18.7. The van der Waals surface area contributed by atoms with Crippen LogP contribution >= 0.6 is 0 Å². The van der Waals surface area contributed by atoms with Gasteiger partial charge in [0, 0.05) is 18.9 Å². The molecule has 9 nitrogen and oxygen atoms in total. The topological polar surface area (TPSA) is 128 Å². The maximum Gasteiger partial charge on any atom is 0.242 e. The number of ketones is 2. The van der Waals surface area contributed by atoms with Crippen LogP contribution in [0.3, 0.4) is 0 Å². The van der Waals surface area contributed by atoms with Crippen molar-refractivity contribution in [1.29, 1.82) is 0 Å². The molecule has 0 aromatic heterocycles. The Morgan fingerprint density at radius 1 is 0.656 bits per heavy atom. The average molecular weight is 456 g/mol. The van der Waals surface area contributed by atoms with Crippen LogP contribution in [0.25, 0.3) is 0 Å². The molecule has 5 N–H and O–H groups in total. The Morgan fingerprint density at radius 3 is 1.66 bits per heavy atom.